The molecule has 0 aliphatic carbocycles. The van der Waals surface area contributed by atoms with Gasteiger partial charge in [0.1, 0.15) is 11.5 Å². The zero-order chi connectivity index (χ0) is 19.8. The zero-order valence-corrected chi connectivity index (χ0v) is 17.2. The van der Waals surface area contributed by atoms with E-state index in [1.807, 2.05) is 66.7 Å². The van der Waals surface area contributed by atoms with Crippen LogP contribution in [0.4, 0.5) is 0 Å². The molecule has 0 unspecified atom stereocenters. The number of carbonyl (C=O) groups excluding carboxylic acids is 1. The van der Waals surface area contributed by atoms with Gasteiger partial charge in [-0.2, -0.15) is 0 Å². The molecule has 0 saturated heterocycles. The molecule has 3 aromatic rings. The molecular weight excluding hydrogens is 416 g/mol. The average Bonchev–Trinajstić information content (AvgIpc) is 2.73. The van der Waals surface area contributed by atoms with Gasteiger partial charge >= 0.3 is 5.97 Å². The van der Waals surface area contributed by atoms with Crippen molar-refractivity contribution in [1.82, 2.24) is 0 Å². The molecule has 0 N–H and O–H groups in total. The first kappa shape index (κ1) is 19.9. The summed E-state index contributed by atoms with van der Waals surface area (Å²) in [5, 5.41) is 0. The molecule has 0 heterocycles. The standard InChI is InChI=1S/C24H21BrO3/c1-2-16-27-22-11-7-6-10-19(22)13-15-24(26)28-23-14-12-20(17-21(23)25)18-8-4-3-5-9-18/h3-15,17H,2,16H2,1H3/b15-13+. The smallest absolute Gasteiger partial charge is 0.336 e. The summed E-state index contributed by atoms with van der Waals surface area (Å²) >= 11 is 3.49. The Kier molecular flexibility index (Phi) is 7.04. The van der Waals surface area contributed by atoms with Gasteiger partial charge in [-0.3, -0.25) is 0 Å². The van der Waals surface area contributed by atoms with Crippen LogP contribution in [0.5, 0.6) is 11.5 Å². The van der Waals surface area contributed by atoms with Crippen molar-refractivity contribution in [3.8, 4) is 22.6 Å². The van der Waals surface area contributed by atoms with Gasteiger partial charge in [-0.05, 0) is 57.8 Å². The Labute approximate surface area is 173 Å². The van der Waals surface area contributed by atoms with Crippen molar-refractivity contribution >= 4 is 28.0 Å². The Hall–Kier alpha value is -2.85. The fraction of sp³-hybridized carbons (Fsp3) is 0.125. The fourth-order valence-corrected chi connectivity index (χ4v) is 3.12. The Morgan fingerprint density at radius 3 is 2.43 bits per heavy atom. The van der Waals surface area contributed by atoms with Crippen molar-refractivity contribution in [2.24, 2.45) is 0 Å². The van der Waals surface area contributed by atoms with E-state index in [9.17, 15) is 4.79 Å². The third kappa shape index (κ3) is 5.33. The molecule has 4 heteroatoms. The molecule has 28 heavy (non-hydrogen) atoms. The molecule has 0 saturated carbocycles. The Bertz CT molecular complexity index is 965. The lowest BCUT2D eigenvalue weighted by molar-refractivity contribution is -0.128. The highest BCUT2D eigenvalue weighted by molar-refractivity contribution is 9.10. The molecule has 0 amide bonds. The second-order valence-electron chi connectivity index (χ2n) is 6.15. The summed E-state index contributed by atoms with van der Waals surface area (Å²) in [6, 6.07) is 23.3. The maximum atomic E-state index is 12.2. The molecule has 0 spiro atoms. The van der Waals surface area contributed by atoms with Crippen LogP contribution in [0, 0.1) is 0 Å². The van der Waals surface area contributed by atoms with E-state index in [1.165, 1.54) is 6.08 Å². The topological polar surface area (TPSA) is 35.5 Å². The number of halogens is 1. The quantitative estimate of drug-likeness (QED) is 0.240. The number of para-hydroxylation sites is 1. The van der Waals surface area contributed by atoms with E-state index in [-0.39, 0.29) is 0 Å². The largest absolute Gasteiger partial charge is 0.493 e. The van der Waals surface area contributed by atoms with E-state index in [0.717, 1.165) is 33.3 Å². The molecule has 0 atom stereocenters. The summed E-state index contributed by atoms with van der Waals surface area (Å²) in [5.74, 6) is 0.782. The minimum atomic E-state index is -0.446. The number of rotatable bonds is 7. The number of ether oxygens (including phenoxy) is 2. The summed E-state index contributed by atoms with van der Waals surface area (Å²) in [6.45, 7) is 2.69. The van der Waals surface area contributed by atoms with Gasteiger partial charge in [0.2, 0.25) is 0 Å². The van der Waals surface area contributed by atoms with Gasteiger partial charge in [0.05, 0.1) is 11.1 Å². The average molecular weight is 437 g/mol. The van der Waals surface area contributed by atoms with Gasteiger partial charge < -0.3 is 9.47 Å². The molecular formula is C24H21BrO3. The Balaban J connectivity index is 1.69. The van der Waals surface area contributed by atoms with Gasteiger partial charge in [0.15, 0.2) is 0 Å². The molecule has 142 valence electrons. The van der Waals surface area contributed by atoms with Crippen molar-refractivity contribution < 1.29 is 14.3 Å². The van der Waals surface area contributed by atoms with Crippen molar-refractivity contribution in [2.75, 3.05) is 6.61 Å². The molecule has 0 fully saturated rings. The van der Waals surface area contributed by atoms with Crippen LogP contribution < -0.4 is 9.47 Å². The van der Waals surface area contributed by atoms with Crippen LogP contribution in [0.3, 0.4) is 0 Å². The fourth-order valence-electron chi connectivity index (χ4n) is 2.66. The second-order valence-corrected chi connectivity index (χ2v) is 7.01. The Morgan fingerprint density at radius 2 is 1.68 bits per heavy atom. The van der Waals surface area contributed by atoms with Crippen LogP contribution in [0.25, 0.3) is 17.2 Å². The van der Waals surface area contributed by atoms with Crippen LogP contribution in [0.15, 0.2) is 83.3 Å². The summed E-state index contributed by atoms with van der Waals surface area (Å²) in [5.41, 5.74) is 2.99. The third-order valence-electron chi connectivity index (χ3n) is 4.03. The van der Waals surface area contributed by atoms with Crippen molar-refractivity contribution in [1.29, 1.82) is 0 Å². The number of hydrogen-bond acceptors (Lipinski definition) is 3. The van der Waals surface area contributed by atoms with Crippen LogP contribution in [0.1, 0.15) is 18.9 Å². The first-order chi connectivity index (χ1) is 13.7. The first-order valence-electron chi connectivity index (χ1n) is 9.14. The molecule has 0 aliphatic rings. The highest BCUT2D eigenvalue weighted by atomic mass is 79.9. The molecule has 3 nitrogen and oxygen atoms in total. The van der Waals surface area contributed by atoms with Crippen molar-refractivity contribution in [3.63, 3.8) is 0 Å². The summed E-state index contributed by atoms with van der Waals surface area (Å²) in [4.78, 5) is 12.2. The lowest BCUT2D eigenvalue weighted by atomic mass is 10.1. The van der Waals surface area contributed by atoms with Gasteiger partial charge in [-0.15, -0.1) is 0 Å². The molecule has 0 aromatic heterocycles. The zero-order valence-electron chi connectivity index (χ0n) is 15.6. The Morgan fingerprint density at radius 1 is 0.929 bits per heavy atom. The van der Waals surface area contributed by atoms with Crippen molar-refractivity contribution in [3.05, 3.63) is 88.9 Å². The van der Waals surface area contributed by atoms with E-state index < -0.39 is 5.97 Å². The summed E-state index contributed by atoms with van der Waals surface area (Å²) in [6.07, 6.45) is 4.04. The normalized spacial score (nSPS) is 10.8. The first-order valence-corrected chi connectivity index (χ1v) is 9.93. The maximum absolute atomic E-state index is 12.2. The highest BCUT2D eigenvalue weighted by Gasteiger charge is 2.08. The van der Waals surface area contributed by atoms with Crippen molar-refractivity contribution in [2.45, 2.75) is 13.3 Å². The lowest BCUT2D eigenvalue weighted by Crippen LogP contribution is -2.04. The highest BCUT2D eigenvalue weighted by Crippen LogP contribution is 2.31. The molecule has 3 aromatic carbocycles. The molecule has 3 rings (SSSR count). The lowest BCUT2D eigenvalue weighted by Gasteiger charge is -2.08. The number of hydrogen-bond donors (Lipinski definition) is 0. The van der Waals surface area contributed by atoms with Gasteiger partial charge in [0.25, 0.3) is 0 Å². The predicted molar refractivity (Wildman–Crippen MR) is 116 cm³/mol. The summed E-state index contributed by atoms with van der Waals surface area (Å²) < 4.78 is 11.9. The van der Waals surface area contributed by atoms with E-state index in [4.69, 9.17) is 9.47 Å². The maximum Gasteiger partial charge on any atom is 0.336 e. The van der Waals surface area contributed by atoms with Gasteiger partial charge in [-0.1, -0.05) is 61.5 Å². The third-order valence-corrected chi connectivity index (χ3v) is 4.65. The van der Waals surface area contributed by atoms with E-state index >= 15 is 0 Å². The van der Waals surface area contributed by atoms with E-state index in [1.54, 1.807) is 12.1 Å². The van der Waals surface area contributed by atoms with Crippen LogP contribution in [-0.4, -0.2) is 12.6 Å². The van der Waals surface area contributed by atoms with Gasteiger partial charge in [0, 0.05) is 11.6 Å². The second kappa shape index (κ2) is 9.90. The van der Waals surface area contributed by atoms with Crippen LogP contribution >= 0.6 is 15.9 Å². The SMILES string of the molecule is CCCOc1ccccc1/C=C/C(=O)Oc1ccc(-c2ccccc2)cc1Br. The predicted octanol–water partition coefficient (Wildman–Crippen LogP) is 6.52. The van der Waals surface area contributed by atoms with Crippen LogP contribution in [-0.2, 0) is 4.79 Å². The molecule has 0 aliphatic heterocycles. The number of esters is 1. The molecule has 0 bridgehead atoms. The van der Waals surface area contributed by atoms with Crippen LogP contribution in [0.2, 0.25) is 0 Å². The molecule has 0 radical (unpaired) electrons. The number of carbonyl (C=O) groups is 1. The summed E-state index contributed by atoms with van der Waals surface area (Å²) in [7, 11) is 0. The van der Waals surface area contributed by atoms with E-state index in [0.29, 0.717) is 12.4 Å². The minimum absolute atomic E-state index is 0.446. The van der Waals surface area contributed by atoms with E-state index in [2.05, 4.69) is 22.9 Å². The monoisotopic (exact) mass is 436 g/mol. The number of benzene rings is 3. The van der Waals surface area contributed by atoms with Gasteiger partial charge in [-0.25, -0.2) is 4.79 Å². The minimum Gasteiger partial charge on any atom is -0.493 e.